The van der Waals surface area contributed by atoms with Crippen molar-refractivity contribution in [1.82, 2.24) is 0 Å². The number of carbonyl (C=O) groups is 2. The third kappa shape index (κ3) is 2.57. The van der Waals surface area contributed by atoms with Crippen molar-refractivity contribution in [1.29, 1.82) is 0 Å². The summed E-state index contributed by atoms with van der Waals surface area (Å²) in [5.74, 6) is -1.44. The molecule has 0 spiro atoms. The Bertz CT molecular complexity index is 533. The van der Waals surface area contributed by atoms with Gasteiger partial charge < -0.3 is 14.9 Å². The Morgan fingerprint density at radius 1 is 1.11 bits per heavy atom. The van der Waals surface area contributed by atoms with E-state index in [0.717, 1.165) is 0 Å². The molecule has 0 aliphatic heterocycles. The van der Waals surface area contributed by atoms with Crippen LogP contribution in [-0.2, 0) is 9.53 Å². The molecule has 18 heavy (non-hydrogen) atoms. The van der Waals surface area contributed by atoms with E-state index in [1.54, 1.807) is 36.4 Å². The lowest BCUT2D eigenvalue weighted by Gasteiger charge is -2.13. The van der Waals surface area contributed by atoms with Gasteiger partial charge in [0.25, 0.3) is 5.91 Å². The Kier molecular flexibility index (Phi) is 3.43. The lowest BCUT2D eigenvalue weighted by molar-refractivity contribution is -0.127. The number of carbonyl (C=O) groups excluding carboxylic acids is 2. The van der Waals surface area contributed by atoms with Crippen LogP contribution in [0.5, 0.6) is 0 Å². The lowest BCUT2D eigenvalue weighted by atomic mass is 10.1. The van der Waals surface area contributed by atoms with Crippen LogP contribution in [-0.4, -0.2) is 11.9 Å². The van der Waals surface area contributed by atoms with Gasteiger partial charge in [-0.25, -0.2) is 4.79 Å². The van der Waals surface area contributed by atoms with Gasteiger partial charge >= 0.3 is 5.97 Å². The van der Waals surface area contributed by atoms with Crippen molar-refractivity contribution in [2.75, 3.05) is 0 Å². The first kappa shape index (κ1) is 11.9. The smallest absolute Gasteiger partial charge is 0.375 e. The molecule has 2 aromatic rings. The zero-order chi connectivity index (χ0) is 13.0. The predicted molar refractivity (Wildman–Crippen MR) is 62.5 cm³/mol. The molecule has 92 valence electrons. The van der Waals surface area contributed by atoms with Gasteiger partial charge in [-0.2, -0.15) is 0 Å². The van der Waals surface area contributed by atoms with Crippen molar-refractivity contribution in [3.8, 4) is 0 Å². The standard InChI is InChI=1S/C13H11NO4/c14-12(15)11(9-5-2-1-3-6-9)18-13(16)10-7-4-8-17-10/h1-8,11H,(H2,14,15). The van der Waals surface area contributed by atoms with Crippen molar-refractivity contribution >= 4 is 11.9 Å². The predicted octanol–water partition coefficient (Wildman–Crippen LogP) is 1.66. The topological polar surface area (TPSA) is 82.5 Å². The van der Waals surface area contributed by atoms with Gasteiger partial charge in [0.1, 0.15) is 0 Å². The van der Waals surface area contributed by atoms with Crippen LogP contribution in [0.1, 0.15) is 22.2 Å². The van der Waals surface area contributed by atoms with Crippen LogP contribution in [0.3, 0.4) is 0 Å². The van der Waals surface area contributed by atoms with Crippen LogP contribution in [0.4, 0.5) is 0 Å². The number of amides is 1. The minimum atomic E-state index is -1.12. The minimum absolute atomic E-state index is 0.0252. The fraction of sp³-hybridized carbons (Fsp3) is 0.0769. The number of rotatable bonds is 4. The fourth-order valence-electron chi connectivity index (χ4n) is 1.48. The summed E-state index contributed by atoms with van der Waals surface area (Å²) in [6, 6.07) is 11.6. The van der Waals surface area contributed by atoms with Gasteiger partial charge in [-0.05, 0) is 12.1 Å². The Labute approximate surface area is 103 Å². The number of nitrogens with two attached hydrogens (primary N) is 1. The summed E-state index contributed by atoms with van der Waals surface area (Å²) in [7, 11) is 0. The van der Waals surface area contributed by atoms with Crippen molar-refractivity contribution in [3.63, 3.8) is 0 Å². The molecule has 5 nitrogen and oxygen atoms in total. The molecular weight excluding hydrogens is 234 g/mol. The van der Waals surface area contributed by atoms with Crippen molar-refractivity contribution in [2.45, 2.75) is 6.10 Å². The molecule has 0 bridgehead atoms. The third-order valence-electron chi connectivity index (χ3n) is 2.31. The van der Waals surface area contributed by atoms with Crippen molar-refractivity contribution in [3.05, 3.63) is 60.1 Å². The molecule has 0 aliphatic rings. The maximum atomic E-state index is 11.7. The summed E-state index contributed by atoms with van der Waals surface area (Å²) in [6.07, 6.45) is 0.224. The van der Waals surface area contributed by atoms with Gasteiger partial charge in [0.2, 0.25) is 11.9 Å². The van der Waals surface area contributed by atoms with E-state index < -0.39 is 18.0 Å². The molecule has 0 fully saturated rings. The molecule has 2 N–H and O–H groups in total. The highest BCUT2D eigenvalue weighted by Crippen LogP contribution is 2.18. The van der Waals surface area contributed by atoms with E-state index in [2.05, 4.69) is 0 Å². The van der Waals surface area contributed by atoms with Crippen LogP contribution in [0.25, 0.3) is 0 Å². The maximum Gasteiger partial charge on any atom is 0.375 e. The molecule has 5 heteroatoms. The largest absolute Gasteiger partial charge is 0.457 e. The number of furan rings is 1. The molecule has 0 radical (unpaired) electrons. The van der Waals surface area contributed by atoms with Gasteiger partial charge in [0.15, 0.2) is 0 Å². The highest BCUT2D eigenvalue weighted by atomic mass is 16.6. The summed E-state index contributed by atoms with van der Waals surface area (Å²) in [6.45, 7) is 0. The number of hydrogen-bond donors (Lipinski definition) is 1. The second-order valence-corrected chi connectivity index (χ2v) is 3.58. The number of benzene rings is 1. The molecule has 1 unspecified atom stereocenters. The molecule has 0 aliphatic carbocycles. The van der Waals surface area contributed by atoms with Gasteiger partial charge in [-0.3, -0.25) is 4.79 Å². The number of ether oxygens (including phenoxy) is 1. The van der Waals surface area contributed by atoms with Gasteiger partial charge in [0, 0.05) is 5.56 Å². The van der Waals surface area contributed by atoms with E-state index in [4.69, 9.17) is 14.9 Å². The second-order valence-electron chi connectivity index (χ2n) is 3.58. The van der Waals surface area contributed by atoms with Gasteiger partial charge in [-0.15, -0.1) is 0 Å². The second kappa shape index (κ2) is 5.18. The van der Waals surface area contributed by atoms with Crippen LogP contribution in [0.15, 0.2) is 53.1 Å². The SMILES string of the molecule is NC(=O)C(OC(=O)c1ccco1)c1ccccc1. The summed E-state index contributed by atoms with van der Waals surface area (Å²) in [4.78, 5) is 23.0. The molecule has 1 amide bonds. The van der Waals surface area contributed by atoms with E-state index in [0.29, 0.717) is 5.56 Å². The van der Waals surface area contributed by atoms with Crippen LogP contribution in [0, 0.1) is 0 Å². The van der Waals surface area contributed by atoms with Crippen LogP contribution >= 0.6 is 0 Å². The van der Waals surface area contributed by atoms with Gasteiger partial charge in [-0.1, -0.05) is 30.3 Å². The average molecular weight is 245 g/mol. The molecule has 0 saturated heterocycles. The van der Waals surface area contributed by atoms with Crippen molar-refractivity contribution < 1.29 is 18.7 Å². The van der Waals surface area contributed by atoms with Crippen LogP contribution < -0.4 is 5.73 Å². The third-order valence-corrected chi connectivity index (χ3v) is 2.31. The monoisotopic (exact) mass is 245 g/mol. The Morgan fingerprint density at radius 3 is 2.39 bits per heavy atom. The normalized spacial score (nSPS) is 11.8. The number of primary amides is 1. The fourth-order valence-corrected chi connectivity index (χ4v) is 1.48. The first-order valence-corrected chi connectivity index (χ1v) is 5.27. The van der Waals surface area contributed by atoms with Crippen molar-refractivity contribution in [2.24, 2.45) is 5.73 Å². The van der Waals surface area contributed by atoms with E-state index in [-0.39, 0.29) is 5.76 Å². The molecule has 1 aromatic heterocycles. The Morgan fingerprint density at radius 2 is 1.83 bits per heavy atom. The highest BCUT2D eigenvalue weighted by molar-refractivity contribution is 5.90. The van der Waals surface area contributed by atoms with E-state index in [9.17, 15) is 9.59 Å². The average Bonchev–Trinajstić information content (AvgIpc) is 2.90. The summed E-state index contributed by atoms with van der Waals surface area (Å²) >= 11 is 0. The first-order valence-electron chi connectivity index (χ1n) is 5.27. The Balaban J connectivity index is 2.18. The maximum absolute atomic E-state index is 11.7. The first-order chi connectivity index (χ1) is 8.68. The minimum Gasteiger partial charge on any atom is -0.457 e. The molecule has 1 heterocycles. The van der Waals surface area contributed by atoms with Gasteiger partial charge in [0.05, 0.1) is 6.26 Å². The summed E-state index contributed by atoms with van der Waals surface area (Å²) in [5.41, 5.74) is 5.74. The molecule has 1 aromatic carbocycles. The summed E-state index contributed by atoms with van der Waals surface area (Å²) in [5, 5.41) is 0. The van der Waals surface area contributed by atoms with E-state index in [1.165, 1.54) is 12.3 Å². The molecule has 2 rings (SSSR count). The molecule has 1 atom stereocenters. The number of hydrogen-bond acceptors (Lipinski definition) is 4. The van der Waals surface area contributed by atoms with E-state index >= 15 is 0 Å². The molecular formula is C13H11NO4. The highest BCUT2D eigenvalue weighted by Gasteiger charge is 2.24. The zero-order valence-corrected chi connectivity index (χ0v) is 9.41. The van der Waals surface area contributed by atoms with Crippen LogP contribution in [0.2, 0.25) is 0 Å². The zero-order valence-electron chi connectivity index (χ0n) is 9.41. The van der Waals surface area contributed by atoms with E-state index in [1.807, 2.05) is 0 Å². The summed E-state index contributed by atoms with van der Waals surface area (Å²) < 4.78 is 9.92. The Hall–Kier alpha value is -2.56. The quantitative estimate of drug-likeness (QED) is 0.830. The molecule has 0 saturated carbocycles. The lowest BCUT2D eigenvalue weighted by Crippen LogP contribution is -2.26. The number of esters is 1.